The predicted molar refractivity (Wildman–Crippen MR) is 121 cm³/mol. The molecule has 2 aromatic carbocycles. The van der Waals surface area contributed by atoms with Crippen molar-refractivity contribution >= 4 is 23.4 Å². The molecular formula is C24H19N5OS. The third kappa shape index (κ3) is 4.82. The van der Waals surface area contributed by atoms with E-state index < -0.39 is 0 Å². The van der Waals surface area contributed by atoms with Crippen molar-refractivity contribution in [2.45, 2.75) is 17.6 Å². The van der Waals surface area contributed by atoms with Gasteiger partial charge in [-0.2, -0.15) is 5.26 Å². The zero-order valence-electron chi connectivity index (χ0n) is 16.8. The molecule has 2 heterocycles. The number of hydrogen-bond donors (Lipinski definition) is 1. The highest BCUT2D eigenvalue weighted by Crippen LogP contribution is 2.27. The number of aryl methyl sites for hydroxylation is 1. The van der Waals surface area contributed by atoms with Crippen LogP contribution in [0.1, 0.15) is 27.3 Å². The lowest BCUT2D eigenvalue weighted by Crippen LogP contribution is -2.13. The van der Waals surface area contributed by atoms with Gasteiger partial charge in [0, 0.05) is 23.0 Å². The van der Waals surface area contributed by atoms with Crippen molar-refractivity contribution < 1.29 is 4.79 Å². The van der Waals surface area contributed by atoms with Crippen LogP contribution in [0.3, 0.4) is 0 Å². The molecule has 0 aliphatic carbocycles. The molecule has 0 aliphatic rings. The third-order valence-electron chi connectivity index (χ3n) is 4.69. The molecule has 31 heavy (non-hydrogen) atoms. The number of thioether (sulfide) groups is 1. The summed E-state index contributed by atoms with van der Waals surface area (Å²) < 4.78 is 1.88. The van der Waals surface area contributed by atoms with E-state index in [0.29, 0.717) is 22.6 Å². The van der Waals surface area contributed by atoms with Gasteiger partial charge in [-0.3, -0.25) is 9.36 Å². The number of nitrogens with zero attached hydrogens (tertiary/aromatic N) is 4. The molecule has 4 rings (SSSR count). The van der Waals surface area contributed by atoms with E-state index in [0.717, 1.165) is 22.1 Å². The molecule has 0 unspecified atom stereocenters. The summed E-state index contributed by atoms with van der Waals surface area (Å²) in [6, 6.07) is 20.8. The molecule has 0 spiro atoms. The summed E-state index contributed by atoms with van der Waals surface area (Å²) >= 11 is 1.59. The van der Waals surface area contributed by atoms with Crippen molar-refractivity contribution in [2.24, 2.45) is 0 Å². The van der Waals surface area contributed by atoms with Crippen LogP contribution in [0.25, 0.3) is 5.82 Å². The first-order valence-electron chi connectivity index (χ1n) is 9.62. The van der Waals surface area contributed by atoms with Crippen LogP contribution in [-0.2, 0) is 5.75 Å². The van der Waals surface area contributed by atoms with Gasteiger partial charge >= 0.3 is 0 Å². The average molecular weight is 426 g/mol. The van der Waals surface area contributed by atoms with Crippen molar-refractivity contribution in [1.82, 2.24) is 14.5 Å². The normalized spacial score (nSPS) is 10.5. The van der Waals surface area contributed by atoms with E-state index in [-0.39, 0.29) is 5.91 Å². The number of pyridine rings is 1. The zero-order valence-corrected chi connectivity index (χ0v) is 17.6. The van der Waals surface area contributed by atoms with Crippen molar-refractivity contribution in [3.05, 3.63) is 102 Å². The van der Waals surface area contributed by atoms with Gasteiger partial charge in [0.15, 0.2) is 0 Å². The molecule has 0 radical (unpaired) electrons. The van der Waals surface area contributed by atoms with E-state index in [2.05, 4.69) is 21.4 Å². The van der Waals surface area contributed by atoms with Crippen molar-refractivity contribution in [3.63, 3.8) is 0 Å². The number of carbonyl (C=O) groups is 1. The average Bonchev–Trinajstić information content (AvgIpc) is 3.24. The van der Waals surface area contributed by atoms with Gasteiger partial charge in [0.2, 0.25) is 0 Å². The standard InChI is InChI=1S/C24H19N5OS/c1-17-26-12-13-29(17)23-11-10-20(15-27-23)28-24(30)21-4-2-3-5-22(21)31-16-19-8-6-18(14-25)7-9-19/h2-13,15H,16H2,1H3,(H,28,30). The van der Waals surface area contributed by atoms with E-state index in [1.165, 1.54) is 0 Å². The summed E-state index contributed by atoms with van der Waals surface area (Å²) in [5.41, 5.74) is 2.96. The third-order valence-corrected chi connectivity index (χ3v) is 5.83. The predicted octanol–water partition coefficient (Wildman–Crippen LogP) is 4.99. The Labute approximate surface area is 184 Å². The maximum Gasteiger partial charge on any atom is 0.256 e. The Hall–Kier alpha value is -3.89. The fourth-order valence-corrected chi connectivity index (χ4v) is 4.04. The summed E-state index contributed by atoms with van der Waals surface area (Å²) in [7, 11) is 0. The quantitative estimate of drug-likeness (QED) is 0.440. The molecular weight excluding hydrogens is 406 g/mol. The Morgan fingerprint density at radius 2 is 1.90 bits per heavy atom. The van der Waals surface area contributed by atoms with Crippen LogP contribution in [0.2, 0.25) is 0 Å². The highest BCUT2D eigenvalue weighted by molar-refractivity contribution is 7.98. The molecule has 0 fully saturated rings. The Balaban J connectivity index is 1.45. The first-order chi connectivity index (χ1) is 15.1. The number of nitrogens with one attached hydrogen (secondary N) is 1. The number of amides is 1. The smallest absolute Gasteiger partial charge is 0.256 e. The maximum absolute atomic E-state index is 12.9. The number of hydrogen-bond acceptors (Lipinski definition) is 5. The van der Waals surface area contributed by atoms with Crippen LogP contribution < -0.4 is 5.32 Å². The van der Waals surface area contributed by atoms with Crippen LogP contribution in [0.5, 0.6) is 0 Å². The number of nitriles is 1. The molecule has 2 aromatic heterocycles. The second-order valence-electron chi connectivity index (χ2n) is 6.80. The van der Waals surface area contributed by atoms with E-state index in [4.69, 9.17) is 5.26 Å². The van der Waals surface area contributed by atoms with Crippen LogP contribution in [0.15, 0.2) is 84.1 Å². The molecule has 152 valence electrons. The van der Waals surface area contributed by atoms with Gasteiger partial charge in [0.25, 0.3) is 5.91 Å². The number of anilines is 1. The molecule has 7 heteroatoms. The van der Waals surface area contributed by atoms with E-state index in [1.54, 1.807) is 36.3 Å². The summed E-state index contributed by atoms with van der Waals surface area (Å²) in [4.78, 5) is 22.4. The highest BCUT2D eigenvalue weighted by atomic mass is 32.2. The van der Waals surface area contributed by atoms with Crippen LogP contribution in [0.4, 0.5) is 5.69 Å². The minimum atomic E-state index is -0.184. The van der Waals surface area contributed by atoms with Crippen molar-refractivity contribution in [2.75, 3.05) is 5.32 Å². The Morgan fingerprint density at radius 1 is 1.10 bits per heavy atom. The Morgan fingerprint density at radius 3 is 2.58 bits per heavy atom. The molecule has 0 saturated heterocycles. The number of benzene rings is 2. The molecule has 1 N–H and O–H groups in total. The van der Waals surface area contributed by atoms with Gasteiger partial charge in [-0.15, -0.1) is 11.8 Å². The minimum Gasteiger partial charge on any atom is -0.321 e. The Bertz CT molecular complexity index is 1240. The van der Waals surface area contributed by atoms with Gasteiger partial charge in [-0.1, -0.05) is 24.3 Å². The lowest BCUT2D eigenvalue weighted by Gasteiger charge is -2.11. The fraction of sp³-hybridized carbons (Fsp3) is 0.0833. The first-order valence-corrected chi connectivity index (χ1v) is 10.6. The van der Waals surface area contributed by atoms with Crippen molar-refractivity contribution in [3.8, 4) is 11.9 Å². The molecule has 1 amide bonds. The van der Waals surface area contributed by atoms with Crippen LogP contribution >= 0.6 is 11.8 Å². The molecule has 4 aromatic rings. The Kier molecular flexibility index (Phi) is 6.11. The van der Waals surface area contributed by atoms with Crippen LogP contribution in [-0.4, -0.2) is 20.4 Å². The summed E-state index contributed by atoms with van der Waals surface area (Å²) in [5, 5.41) is 11.8. The monoisotopic (exact) mass is 425 g/mol. The number of aromatic nitrogens is 3. The maximum atomic E-state index is 12.9. The summed E-state index contributed by atoms with van der Waals surface area (Å²) in [5.74, 6) is 2.11. The van der Waals surface area contributed by atoms with E-state index in [9.17, 15) is 4.79 Å². The molecule has 0 aliphatic heterocycles. The van der Waals surface area contributed by atoms with Gasteiger partial charge in [0.05, 0.1) is 29.1 Å². The summed E-state index contributed by atoms with van der Waals surface area (Å²) in [6.45, 7) is 1.91. The zero-order chi connectivity index (χ0) is 21.6. The lowest BCUT2D eigenvalue weighted by atomic mass is 10.2. The highest BCUT2D eigenvalue weighted by Gasteiger charge is 2.12. The molecule has 0 saturated carbocycles. The summed E-state index contributed by atoms with van der Waals surface area (Å²) in [6.07, 6.45) is 5.20. The van der Waals surface area contributed by atoms with Gasteiger partial charge in [-0.25, -0.2) is 9.97 Å². The first kappa shape index (κ1) is 20.4. The topological polar surface area (TPSA) is 83.6 Å². The number of carbonyl (C=O) groups excluding carboxylic acids is 1. The van der Waals surface area contributed by atoms with Gasteiger partial charge < -0.3 is 5.32 Å². The van der Waals surface area contributed by atoms with Gasteiger partial charge in [0.1, 0.15) is 11.6 Å². The lowest BCUT2D eigenvalue weighted by molar-refractivity contribution is 0.102. The van der Waals surface area contributed by atoms with Crippen molar-refractivity contribution in [1.29, 1.82) is 5.26 Å². The number of rotatable bonds is 6. The molecule has 0 atom stereocenters. The second kappa shape index (κ2) is 9.28. The second-order valence-corrected chi connectivity index (χ2v) is 7.81. The number of imidazole rings is 1. The largest absolute Gasteiger partial charge is 0.321 e. The SMILES string of the molecule is Cc1nccn1-c1ccc(NC(=O)c2ccccc2SCc2ccc(C#N)cc2)cn1. The van der Waals surface area contributed by atoms with Crippen LogP contribution in [0, 0.1) is 18.3 Å². The fourth-order valence-electron chi connectivity index (χ4n) is 3.04. The van der Waals surface area contributed by atoms with E-state index in [1.807, 2.05) is 66.2 Å². The minimum absolute atomic E-state index is 0.184. The molecule has 6 nitrogen and oxygen atoms in total. The van der Waals surface area contributed by atoms with E-state index >= 15 is 0 Å². The van der Waals surface area contributed by atoms with Gasteiger partial charge in [-0.05, 0) is 48.9 Å². The molecule has 0 bridgehead atoms.